The van der Waals surface area contributed by atoms with Gasteiger partial charge in [0.1, 0.15) is 17.1 Å². The van der Waals surface area contributed by atoms with Gasteiger partial charge in [0.05, 0.1) is 17.9 Å². The molecule has 0 saturated carbocycles. The summed E-state index contributed by atoms with van der Waals surface area (Å²) in [5, 5.41) is 19.0. The Morgan fingerprint density at radius 1 is 1.12 bits per heavy atom. The maximum absolute atomic E-state index is 13.0. The molecule has 2 heterocycles. The number of nitrogens with one attached hydrogen (secondary N) is 2. The number of hydrogen-bond acceptors (Lipinski definition) is 4. The molecule has 34 heavy (non-hydrogen) atoms. The van der Waals surface area contributed by atoms with Crippen LogP contribution in [0.2, 0.25) is 0 Å². The van der Waals surface area contributed by atoms with Crippen LogP contribution in [-0.2, 0) is 0 Å². The maximum Gasteiger partial charge on any atom is 0.275 e. The highest BCUT2D eigenvalue weighted by Crippen LogP contribution is 2.24. The van der Waals surface area contributed by atoms with Gasteiger partial charge in [-0.1, -0.05) is 64.5 Å². The van der Waals surface area contributed by atoms with Crippen molar-refractivity contribution in [2.75, 3.05) is 0 Å². The first-order valence-electron chi connectivity index (χ1n) is 10.6. The molecular weight excluding hydrogens is 494 g/mol. The van der Waals surface area contributed by atoms with Crippen molar-refractivity contribution < 1.29 is 4.79 Å². The Kier molecular flexibility index (Phi) is 5.48. The van der Waals surface area contributed by atoms with Crippen LogP contribution in [0.1, 0.15) is 34.6 Å². The van der Waals surface area contributed by atoms with E-state index >= 15 is 0 Å². The molecule has 1 amide bonds. The fraction of sp³-hybridized carbons (Fsp3) is 0.0769. The lowest BCUT2D eigenvalue weighted by atomic mass is 10.1. The summed E-state index contributed by atoms with van der Waals surface area (Å²) in [6.45, 7) is 1.84. The second-order valence-electron chi connectivity index (χ2n) is 7.94. The van der Waals surface area contributed by atoms with Crippen LogP contribution >= 0.6 is 15.9 Å². The summed E-state index contributed by atoms with van der Waals surface area (Å²) in [5.41, 5.74) is 1.60. The summed E-state index contributed by atoms with van der Waals surface area (Å²) in [7, 11) is 0. The van der Waals surface area contributed by atoms with Gasteiger partial charge in [0.25, 0.3) is 11.5 Å². The summed E-state index contributed by atoms with van der Waals surface area (Å²) >= 11 is 3.43. The van der Waals surface area contributed by atoms with Crippen molar-refractivity contribution in [3.8, 4) is 17.3 Å². The monoisotopic (exact) mass is 511 g/mol. The third-order valence-corrected chi connectivity index (χ3v) is 6.20. The third kappa shape index (κ3) is 3.87. The Labute approximate surface area is 202 Å². The van der Waals surface area contributed by atoms with Crippen LogP contribution in [0.15, 0.2) is 82.2 Å². The molecule has 0 spiro atoms. The zero-order valence-corrected chi connectivity index (χ0v) is 19.6. The number of carbonyl (C=O) groups excluding carboxylic acids is 1. The van der Waals surface area contributed by atoms with Crippen LogP contribution < -0.4 is 10.9 Å². The summed E-state index contributed by atoms with van der Waals surface area (Å²) < 4.78 is 2.20. The number of benzene rings is 3. The number of nitrogens with zero attached hydrogens (tertiary/aromatic N) is 3. The number of amides is 1. The molecule has 2 aromatic heterocycles. The topological polar surface area (TPSA) is 103 Å². The minimum atomic E-state index is -0.528. The van der Waals surface area contributed by atoms with E-state index in [9.17, 15) is 14.9 Å². The van der Waals surface area contributed by atoms with Crippen molar-refractivity contribution in [2.24, 2.45) is 0 Å². The molecule has 1 unspecified atom stereocenters. The Bertz CT molecular complexity index is 1680. The van der Waals surface area contributed by atoms with E-state index in [4.69, 9.17) is 0 Å². The van der Waals surface area contributed by atoms with Gasteiger partial charge >= 0.3 is 0 Å². The lowest BCUT2D eigenvalue weighted by Crippen LogP contribution is -2.27. The molecule has 0 aliphatic rings. The maximum atomic E-state index is 13.0. The van der Waals surface area contributed by atoms with Crippen LogP contribution in [0, 0.1) is 11.3 Å². The number of nitriles is 1. The molecule has 166 valence electrons. The highest BCUT2D eigenvalue weighted by Gasteiger charge is 2.23. The number of hydrogen-bond donors (Lipinski definition) is 2. The first-order valence-corrected chi connectivity index (χ1v) is 11.3. The Balaban J connectivity index is 1.54. The fourth-order valence-electron chi connectivity index (χ4n) is 3.97. The Morgan fingerprint density at radius 2 is 1.91 bits per heavy atom. The number of halogens is 1. The number of rotatable bonds is 4. The molecule has 0 saturated heterocycles. The number of aromatic amines is 1. The van der Waals surface area contributed by atoms with Crippen LogP contribution in [0.3, 0.4) is 0 Å². The molecule has 0 aliphatic carbocycles. The number of carbonyl (C=O) groups is 1. The molecule has 0 bridgehead atoms. The minimum Gasteiger partial charge on any atom is -0.344 e. The van der Waals surface area contributed by atoms with Crippen molar-refractivity contribution in [1.29, 1.82) is 5.26 Å². The van der Waals surface area contributed by atoms with E-state index in [0.717, 1.165) is 26.4 Å². The molecule has 5 rings (SSSR count). The van der Waals surface area contributed by atoms with Crippen molar-refractivity contribution in [3.05, 3.63) is 105 Å². The number of fused-ring (bicyclic) bond motifs is 2. The van der Waals surface area contributed by atoms with Crippen LogP contribution in [0.5, 0.6) is 0 Å². The SMILES string of the molecule is CC(NC(=O)c1nn2cc(-c3ccc4ccccc4c3)[nH]c(=O)c2c1C#N)c1cccc(Br)c1. The fourth-order valence-corrected chi connectivity index (χ4v) is 4.39. The largest absolute Gasteiger partial charge is 0.344 e. The molecule has 0 aliphatic heterocycles. The van der Waals surface area contributed by atoms with Gasteiger partial charge in [0.2, 0.25) is 0 Å². The highest BCUT2D eigenvalue weighted by molar-refractivity contribution is 9.10. The molecule has 0 fully saturated rings. The highest BCUT2D eigenvalue weighted by atomic mass is 79.9. The molecule has 2 N–H and O–H groups in total. The van der Waals surface area contributed by atoms with Crippen molar-refractivity contribution >= 4 is 38.1 Å². The lowest BCUT2D eigenvalue weighted by Gasteiger charge is -2.13. The van der Waals surface area contributed by atoms with Gasteiger partial charge in [-0.2, -0.15) is 10.4 Å². The Morgan fingerprint density at radius 3 is 2.68 bits per heavy atom. The van der Waals surface area contributed by atoms with E-state index < -0.39 is 11.5 Å². The van der Waals surface area contributed by atoms with Gasteiger partial charge in [0.15, 0.2) is 5.69 Å². The lowest BCUT2D eigenvalue weighted by molar-refractivity contribution is 0.0934. The Hall–Kier alpha value is -4.22. The van der Waals surface area contributed by atoms with Crippen molar-refractivity contribution in [1.82, 2.24) is 19.9 Å². The standard InChI is InChI=1S/C26H18BrN5O2/c1-15(17-7-4-8-20(27)12-17)29-25(33)23-21(13-28)24-26(34)30-22(14-32(24)31-23)19-10-9-16-5-2-3-6-18(16)11-19/h2-12,14-15H,1H3,(H,29,33)(H,30,34). The van der Waals surface area contributed by atoms with E-state index in [0.29, 0.717) is 5.69 Å². The van der Waals surface area contributed by atoms with Gasteiger partial charge in [-0.05, 0) is 41.5 Å². The summed E-state index contributed by atoms with van der Waals surface area (Å²) in [6, 6.07) is 23.0. The van der Waals surface area contributed by atoms with Crippen LogP contribution in [0.25, 0.3) is 27.5 Å². The van der Waals surface area contributed by atoms with Gasteiger partial charge in [0, 0.05) is 10.0 Å². The third-order valence-electron chi connectivity index (χ3n) is 5.71. The first-order chi connectivity index (χ1) is 16.4. The van der Waals surface area contributed by atoms with E-state index in [-0.39, 0.29) is 22.8 Å². The van der Waals surface area contributed by atoms with Crippen LogP contribution in [-0.4, -0.2) is 20.5 Å². The van der Waals surface area contributed by atoms with Gasteiger partial charge in [-0.3, -0.25) is 9.59 Å². The van der Waals surface area contributed by atoms with Gasteiger partial charge in [-0.15, -0.1) is 0 Å². The van der Waals surface area contributed by atoms with E-state index in [2.05, 4.69) is 31.3 Å². The second kappa shape index (κ2) is 8.61. The summed E-state index contributed by atoms with van der Waals surface area (Å²) in [5.74, 6) is -0.528. The van der Waals surface area contributed by atoms with E-state index in [1.54, 1.807) is 6.20 Å². The molecule has 8 heteroatoms. The average Bonchev–Trinajstić information content (AvgIpc) is 3.23. The summed E-state index contributed by atoms with van der Waals surface area (Å²) in [4.78, 5) is 28.8. The average molecular weight is 512 g/mol. The molecule has 1 atom stereocenters. The first kappa shape index (κ1) is 21.6. The molecule has 3 aromatic carbocycles. The molecule has 5 aromatic rings. The molecular formula is C26H18BrN5O2. The predicted molar refractivity (Wildman–Crippen MR) is 133 cm³/mol. The number of aromatic nitrogens is 3. The minimum absolute atomic E-state index is 0.0345. The van der Waals surface area contributed by atoms with E-state index in [1.807, 2.05) is 79.7 Å². The molecule has 7 nitrogen and oxygen atoms in total. The normalized spacial score (nSPS) is 11.9. The second-order valence-corrected chi connectivity index (χ2v) is 8.85. The van der Waals surface area contributed by atoms with Crippen LogP contribution in [0.4, 0.5) is 0 Å². The van der Waals surface area contributed by atoms with Crippen molar-refractivity contribution in [2.45, 2.75) is 13.0 Å². The van der Waals surface area contributed by atoms with Gasteiger partial charge < -0.3 is 10.3 Å². The molecule has 0 radical (unpaired) electrons. The smallest absolute Gasteiger partial charge is 0.275 e. The van der Waals surface area contributed by atoms with Crippen molar-refractivity contribution in [3.63, 3.8) is 0 Å². The predicted octanol–water partition coefficient (Wildman–Crippen LogP) is 4.97. The quantitative estimate of drug-likeness (QED) is 0.355. The summed E-state index contributed by atoms with van der Waals surface area (Å²) in [6.07, 6.45) is 1.62. The van der Waals surface area contributed by atoms with E-state index in [1.165, 1.54) is 4.52 Å². The van der Waals surface area contributed by atoms with Gasteiger partial charge in [-0.25, -0.2) is 4.52 Å². The zero-order valence-electron chi connectivity index (χ0n) is 18.0. The number of H-pyrrole nitrogens is 1. The zero-order chi connectivity index (χ0) is 23.8.